The smallest absolute Gasteiger partial charge is 0.510 e. The fourth-order valence-electron chi connectivity index (χ4n) is 4.88. The van der Waals surface area contributed by atoms with Crippen LogP contribution in [0.1, 0.15) is 131 Å². The van der Waals surface area contributed by atoms with E-state index in [2.05, 4.69) is 149 Å². The minimum Gasteiger partial charge on any atom is -0.756 e. The van der Waals surface area contributed by atoms with Gasteiger partial charge in [-0.15, -0.1) is 0 Å². The predicted octanol–water partition coefficient (Wildman–Crippen LogP) is 20.2. The van der Waals surface area contributed by atoms with Gasteiger partial charge in [0.1, 0.15) is 6.61 Å². The largest absolute Gasteiger partial charge is 0.756 e. The second-order valence-electron chi connectivity index (χ2n) is 20.3. The van der Waals surface area contributed by atoms with E-state index in [1.165, 1.54) is 29.0 Å². The molecule has 0 aromatic carbocycles. The number of amides is 1. The van der Waals surface area contributed by atoms with Gasteiger partial charge in [-0.3, -0.25) is 14.2 Å². The molecule has 0 aliphatic heterocycles. The Morgan fingerprint density at radius 2 is 0.943 bits per heavy atom. The molecule has 0 bridgehead atoms. The van der Waals surface area contributed by atoms with Crippen molar-refractivity contribution in [3.63, 3.8) is 0 Å². The van der Waals surface area contributed by atoms with Crippen molar-refractivity contribution in [3.8, 4) is 0 Å². The molecule has 15 nitrogen and oxygen atoms in total. The van der Waals surface area contributed by atoms with Crippen LogP contribution in [-0.2, 0) is 37.6 Å². The molecule has 0 saturated carbocycles. The van der Waals surface area contributed by atoms with Gasteiger partial charge in [0.2, 0.25) is 5.91 Å². The third kappa shape index (κ3) is 74.3. The van der Waals surface area contributed by atoms with Gasteiger partial charge in [-0.1, -0.05) is 256 Å². The lowest BCUT2D eigenvalue weighted by atomic mass is 10.1. The fourth-order valence-corrected chi connectivity index (χ4v) is 22.1. The number of nitrogens with zero attached hydrogens (tertiary/aromatic N) is 3. The lowest BCUT2D eigenvalue weighted by Gasteiger charge is -2.22. The highest BCUT2D eigenvalue weighted by Crippen LogP contribution is 2.37. The summed E-state index contributed by atoms with van der Waals surface area (Å²) in [6.07, 6.45) is 14.0. The zero-order chi connectivity index (χ0) is 69.3. The fraction of sp³-hybridized carbons (Fsp3) is 0.889. The van der Waals surface area contributed by atoms with E-state index in [0.717, 1.165) is 23.5 Å². The predicted molar refractivity (Wildman–Crippen MR) is 421 cm³/mol. The van der Waals surface area contributed by atoms with Crippen LogP contribution in [0.25, 0.3) is 0 Å². The molecule has 0 aromatic rings. The van der Waals surface area contributed by atoms with Gasteiger partial charge in [0.25, 0.3) is 7.82 Å². The highest BCUT2D eigenvalue weighted by molar-refractivity contribution is 8.78. The van der Waals surface area contributed by atoms with Gasteiger partial charge in [-0.2, -0.15) is 4.99 Å². The Hall–Kier alpha value is 2.64. The zero-order valence-corrected chi connectivity index (χ0v) is 71.3. The topological polar surface area (TPSA) is 203 Å². The zero-order valence-electron chi connectivity index (χ0n) is 56.6. The number of ether oxygens (including phenoxy) is 4. The van der Waals surface area contributed by atoms with Crippen molar-refractivity contribution in [2.45, 2.75) is 174 Å². The summed E-state index contributed by atoms with van der Waals surface area (Å²) in [5.74, 6) is 4.71. The van der Waals surface area contributed by atoms with E-state index in [9.17, 15) is 28.6 Å². The second-order valence-corrected chi connectivity index (χ2v) is 41.8. The number of hydrogen-bond donors (Lipinski definition) is 1. The minimum absolute atomic E-state index is 0.0282. The molecule has 1 N–H and O–H groups in total. The molecule has 0 fully saturated rings. The lowest BCUT2D eigenvalue weighted by molar-refractivity contribution is -0.219. The Bertz CT molecular complexity index is 1790. The van der Waals surface area contributed by atoms with Crippen molar-refractivity contribution in [1.29, 1.82) is 0 Å². The van der Waals surface area contributed by atoms with Gasteiger partial charge < -0.3 is 38.2 Å². The van der Waals surface area contributed by atoms with Crippen LogP contribution >= 0.6 is 195 Å². The van der Waals surface area contributed by atoms with Crippen LogP contribution in [0, 0.1) is 41.4 Å². The Labute approximate surface area is 599 Å². The monoisotopic (exact) mass is 1570 g/mol. The third-order valence-corrected chi connectivity index (χ3v) is 28.7. The average molecular weight is 1570 g/mol. The molecule has 0 saturated heterocycles. The molecule has 520 valence electrons. The molecule has 0 spiro atoms. The van der Waals surface area contributed by atoms with Crippen LogP contribution in [0.4, 0.5) is 9.59 Å². The van der Waals surface area contributed by atoms with Gasteiger partial charge in [0.05, 0.1) is 40.1 Å². The number of hydrogen-bond acceptors (Lipinski definition) is 30. The molecule has 1 unspecified atom stereocenters. The first-order valence-electron chi connectivity index (χ1n) is 27.6. The first-order chi connectivity index (χ1) is 40.5. The highest BCUT2D eigenvalue weighted by atomic mass is 33.1. The summed E-state index contributed by atoms with van der Waals surface area (Å²) in [4.78, 5) is 72.3. The van der Waals surface area contributed by atoms with Crippen molar-refractivity contribution in [1.82, 2.24) is 4.90 Å². The lowest BCUT2D eigenvalue weighted by Crippen LogP contribution is -2.34. The number of aliphatic imine (C=N–C) groups is 2. The number of phosphoric ester groups is 1. The maximum Gasteiger partial charge on any atom is 0.510 e. The molecule has 1 amide bonds. The standard InChI is InChI=1S/C9H15NO3S3.C9H18O3S2.C8H17NOS2.C8H16OS3.C7H13NS3.C7H16S2.C6H15O4PS2/c1-7(2)8(16-15-3)4-12-9(11)13-5-10-6-14;1-6(2)8(14-13-5)12-9(10)11-7(3)4;1-6(2)7(12-11-5)8(10)9(3)4;1-6(2)8(12-10-4)5-11-7(3)9;1-6(2)7(11-10-3)4-8-5-9;1-5-7(6(2)3)9-8-4;1-5(2)6(13-12-3)4-10-11(7,8)9/h7-8H,4-5H2,1-3H3;6-8H,1-5H3;6-7H,1-5H3;6,8H,5H2,1-4H3;6-7H,4H2,1-3H3;6-7H,5H2,1-4H3;5-6H,4H2,1-3H3,(H2,7,8,9)/p-1/t2*8-;7-;8-;2*7-;6-/m0110000/s1. The molecular weight excluding hydrogens is 1460 g/mol. The van der Waals surface area contributed by atoms with Crippen LogP contribution < -0.4 is 4.89 Å². The molecule has 0 aromatic heterocycles. The third-order valence-electron chi connectivity index (χ3n) is 9.85. The van der Waals surface area contributed by atoms with Crippen LogP contribution in [0.5, 0.6) is 0 Å². The van der Waals surface area contributed by atoms with Crippen molar-refractivity contribution in [2.24, 2.45) is 51.4 Å². The van der Waals surface area contributed by atoms with Gasteiger partial charge in [-0.05, 0) is 135 Å². The Morgan fingerprint density at radius 3 is 1.26 bits per heavy atom. The number of thiocarbonyl (C=S) groups is 2. The minimum atomic E-state index is -4.56. The van der Waals surface area contributed by atoms with Crippen molar-refractivity contribution in [3.05, 3.63) is 0 Å². The van der Waals surface area contributed by atoms with E-state index in [-0.39, 0.29) is 57.6 Å². The Morgan fingerprint density at radius 1 is 0.540 bits per heavy atom. The number of phosphoric acid groups is 1. The number of isothiocyanates is 2. The quantitative estimate of drug-likeness (QED) is 0.0155. The van der Waals surface area contributed by atoms with Gasteiger partial charge >= 0.3 is 12.3 Å². The molecule has 0 aliphatic carbocycles. The normalized spacial score (nSPS) is 13.8. The van der Waals surface area contributed by atoms with Crippen molar-refractivity contribution < 1.29 is 57.0 Å². The summed E-state index contributed by atoms with van der Waals surface area (Å²) in [6.45, 7) is 38.2. The van der Waals surface area contributed by atoms with E-state index >= 15 is 0 Å². The summed E-state index contributed by atoms with van der Waals surface area (Å²) < 4.78 is 34.2. The maximum absolute atomic E-state index is 11.6. The summed E-state index contributed by atoms with van der Waals surface area (Å²) >= 11 is 10.3. The molecule has 87 heavy (non-hydrogen) atoms. The van der Waals surface area contributed by atoms with Crippen LogP contribution in [0.2, 0.25) is 0 Å². The number of thioether (sulfide) groups is 1. The Balaban J connectivity index is -0.000000173. The Kier molecular flexibility index (Phi) is 82.9. The van der Waals surface area contributed by atoms with E-state index in [1.807, 2.05) is 95.9 Å². The van der Waals surface area contributed by atoms with Gasteiger partial charge in [0, 0.05) is 53.7 Å². The SMILES string of the molecule is CC[C@H](SSC)C(C)C.CSS[C@@H](C(=O)N(C)C)C(C)C.CSS[C@@H](CN=C=S)C(C)C.CSS[C@@H](COC(=O)OCN=C=S)C(C)C.CSS[C@@H](COP(=O)([O-])O)C(C)C.CSS[C@@H](CSC(C)=O)C(C)C.CSS[C@@H](OC(=O)OC(C)C)C(C)C. The van der Waals surface area contributed by atoms with Crippen molar-refractivity contribution >= 4 is 229 Å². The summed E-state index contributed by atoms with van der Waals surface area (Å²) in [7, 11) is 23.1. The van der Waals surface area contributed by atoms with Gasteiger partial charge in [-0.25, -0.2) is 14.6 Å². The number of rotatable bonds is 36. The number of carbonyl (C=O) groups is 4. The van der Waals surface area contributed by atoms with Crippen LogP contribution in [-0.4, -0.2) is 177 Å². The first-order valence-corrected chi connectivity index (χ1v) is 49.2. The molecule has 0 rings (SSSR count). The summed E-state index contributed by atoms with van der Waals surface area (Å²) in [5, 5.41) is 7.15. The first kappa shape index (κ1) is 103. The van der Waals surface area contributed by atoms with E-state index < -0.39 is 20.1 Å². The summed E-state index contributed by atoms with van der Waals surface area (Å²) in [6, 6.07) is 0. The summed E-state index contributed by atoms with van der Waals surface area (Å²) in [5.41, 5.74) is -0.142. The number of carbonyl (C=O) groups excluding carboxylic acids is 4. The van der Waals surface area contributed by atoms with Gasteiger partial charge in [0.15, 0.2) is 17.3 Å². The molecule has 0 aliphatic rings. The molecule has 33 heteroatoms. The van der Waals surface area contributed by atoms with E-state index in [1.54, 1.807) is 137 Å². The molecular formula is C54H109N3O12PS17-. The van der Waals surface area contributed by atoms with Crippen LogP contribution in [0.15, 0.2) is 9.98 Å². The molecule has 0 radical (unpaired) electrons. The second kappa shape index (κ2) is 70.0. The van der Waals surface area contributed by atoms with Crippen LogP contribution in [0.3, 0.4) is 0 Å². The maximum atomic E-state index is 11.6. The molecule has 8 atom stereocenters. The highest BCUT2D eigenvalue weighted by Gasteiger charge is 2.24. The molecule has 0 heterocycles. The van der Waals surface area contributed by atoms with E-state index in [0.29, 0.717) is 46.7 Å². The van der Waals surface area contributed by atoms with E-state index in [4.69, 9.17) is 19.1 Å². The van der Waals surface area contributed by atoms with Crippen molar-refractivity contribution in [2.75, 3.05) is 90.1 Å². The average Bonchev–Trinajstić information content (AvgIpc) is 3.60.